The van der Waals surface area contributed by atoms with Crippen LogP contribution in [0.5, 0.6) is 0 Å². The highest BCUT2D eigenvalue weighted by atomic mass is 35.5. The van der Waals surface area contributed by atoms with Crippen molar-refractivity contribution in [1.82, 2.24) is 19.9 Å². The van der Waals surface area contributed by atoms with Gasteiger partial charge in [-0.2, -0.15) is 4.31 Å². The summed E-state index contributed by atoms with van der Waals surface area (Å²) in [6, 6.07) is 8.68. The Morgan fingerprint density at radius 2 is 1.56 bits per heavy atom. The Kier molecular flexibility index (Phi) is 13.1. The van der Waals surface area contributed by atoms with Gasteiger partial charge in [0.15, 0.2) is 0 Å². The van der Waals surface area contributed by atoms with E-state index in [-0.39, 0.29) is 85.4 Å². The molecule has 5 rings (SSSR count). The van der Waals surface area contributed by atoms with Crippen LogP contribution >= 0.6 is 11.6 Å². The maximum atomic E-state index is 16.0. The van der Waals surface area contributed by atoms with Crippen LogP contribution in [0.4, 0.5) is 29.9 Å². The number of alkyl halides is 2. The summed E-state index contributed by atoms with van der Waals surface area (Å²) in [5.41, 5.74) is -0.428. The fourth-order valence-electron chi connectivity index (χ4n) is 6.96. The van der Waals surface area contributed by atoms with E-state index in [2.05, 4.69) is 35.3 Å². The number of carbonyl (C=O) groups is 3. The second-order valence-corrected chi connectivity index (χ2v) is 24.7. The Balaban J connectivity index is 1.14. The van der Waals surface area contributed by atoms with Crippen molar-refractivity contribution in [2.45, 2.75) is 107 Å². The highest BCUT2D eigenvalue weighted by Gasteiger charge is 2.44. The summed E-state index contributed by atoms with van der Waals surface area (Å²) < 4.78 is 71.1. The summed E-state index contributed by atoms with van der Waals surface area (Å²) in [5, 5.41) is 5.45. The lowest BCUT2D eigenvalue weighted by atomic mass is 9.80. The number of halogens is 3. The zero-order chi connectivity index (χ0) is 40.3. The average molecular weight is 827 g/mol. The number of aromatic nitrogens is 1. The van der Waals surface area contributed by atoms with E-state index in [0.29, 0.717) is 25.1 Å². The first kappa shape index (κ1) is 42.6. The van der Waals surface area contributed by atoms with E-state index in [0.717, 1.165) is 6.04 Å². The molecule has 2 aliphatic heterocycles. The van der Waals surface area contributed by atoms with Crippen LogP contribution in [0.1, 0.15) is 58.4 Å². The number of sulfonamides is 1. The van der Waals surface area contributed by atoms with Crippen molar-refractivity contribution in [2.75, 3.05) is 49.1 Å². The van der Waals surface area contributed by atoms with Crippen molar-refractivity contribution in [3.63, 3.8) is 0 Å². The van der Waals surface area contributed by atoms with Gasteiger partial charge >= 0.3 is 12.2 Å². The van der Waals surface area contributed by atoms with Crippen LogP contribution in [0.2, 0.25) is 30.8 Å². The predicted octanol–water partition coefficient (Wildman–Crippen LogP) is 6.59. The Morgan fingerprint density at radius 1 is 0.945 bits per heavy atom. The third-order valence-electron chi connectivity index (χ3n) is 10.0. The molecule has 3 heterocycles. The average Bonchev–Trinajstić information content (AvgIpc) is 3.46. The molecular weight excluding hydrogens is 774 g/mol. The molecule has 0 bridgehead atoms. The molecule has 0 radical (unpaired) electrons. The predicted molar refractivity (Wildman–Crippen MR) is 209 cm³/mol. The van der Waals surface area contributed by atoms with Crippen molar-refractivity contribution < 1.29 is 41.1 Å². The molecule has 1 aromatic carbocycles. The Bertz CT molecular complexity index is 1810. The molecular formula is C37H53ClF2N6O7SSi. The smallest absolute Gasteiger partial charge is 0.407 e. The Hall–Kier alpha value is -3.54. The van der Waals surface area contributed by atoms with Crippen molar-refractivity contribution in [3.05, 3.63) is 47.1 Å². The molecule has 3 fully saturated rings. The lowest BCUT2D eigenvalue weighted by molar-refractivity contribution is -0.117. The van der Waals surface area contributed by atoms with Crippen molar-refractivity contribution >= 4 is 59.3 Å². The third kappa shape index (κ3) is 11.3. The molecule has 1 saturated carbocycles. The molecule has 0 unspecified atom stereocenters. The number of amides is 3. The lowest BCUT2D eigenvalue weighted by Gasteiger charge is -2.36. The van der Waals surface area contributed by atoms with Crippen molar-refractivity contribution in [2.24, 2.45) is 5.92 Å². The van der Waals surface area contributed by atoms with Gasteiger partial charge in [-0.05, 0) is 88.9 Å². The van der Waals surface area contributed by atoms with Gasteiger partial charge in [0, 0.05) is 70.4 Å². The summed E-state index contributed by atoms with van der Waals surface area (Å²) in [6.45, 7) is 13.0. The van der Waals surface area contributed by atoms with E-state index in [1.807, 2.05) is 0 Å². The number of nitrogens with one attached hydrogen (secondary N) is 2. The number of hydrogen-bond donors (Lipinski definition) is 2. The Labute approximate surface area is 328 Å². The second-order valence-electron chi connectivity index (χ2n) is 16.7. The van der Waals surface area contributed by atoms with E-state index in [1.54, 1.807) is 37.8 Å². The molecule has 1 aromatic heterocycles. The SMILES string of the molecule is CC(C)(C)OC(=O)N[C@@H]1CC(=O)N(c2ccc(S(=O)(=O)N3CCN(c4cc(C(F)(F)C5CCC(NC(=O)OCC[Si](C)(C)C)CC5)cc(Cl)n4)CC3)cc2)C1. The van der Waals surface area contributed by atoms with E-state index in [4.69, 9.17) is 21.1 Å². The monoisotopic (exact) mass is 826 g/mol. The minimum absolute atomic E-state index is 0.0476. The molecule has 1 atom stereocenters. The maximum absolute atomic E-state index is 16.0. The van der Waals surface area contributed by atoms with E-state index in [1.165, 1.54) is 33.5 Å². The van der Waals surface area contributed by atoms with Gasteiger partial charge < -0.3 is 29.9 Å². The quantitative estimate of drug-likeness (QED) is 0.189. The number of pyridine rings is 1. The zero-order valence-corrected chi connectivity index (χ0v) is 34.9. The molecule has 1 aliphatic carbocycles. The van der Waals surface area contributed by atoms with Crippen LogP contribution in [-0.4, -0.2) is 101 Å². The van der Waals surface area contributed by atoms with Crippen LogP contribution in [-0.2, 0) is 30.2 Å². The Morgan fingerprint density at radius 3 is 2.16 bits per heavy atom. The maximum Gasteiger partial charge on any atom is 0.407 e. The van der Waals surface area contributed by atoms with E-state index >= 15 is 8.78 Å². The second kappa shape index (κ2) is 16.9. The highest BCUT2D eigenvalue weighted by molar-refractivity contribution is 7.89. The van der Waals surface area contributed by atoms with Gasteiger partial charge in [0.1, 0.15) is 16.6 Å². The summed E-state index contributed by atoms with van der Waals surface area (Å²) >= 11 is 6.28. The third-order valence-corrected chi connectivity index (χ3v) is 13.8. The van der Waals surface area contributed by atoms with Gasteiger partial charge in [0.2, 0.25) is 15.9 Å². The summed E-state index contributed by atoms with van der Waals surface area (Å²) in [6.07, 6.45) is 0.178. The first-order chi connectivity index (χ1) is 25.6. The molecule has 55 heavy (non-hydrogen) atoms. The van der Waals surface area contributed by atoms with Gasteiger partial charge in [0.25, 0.3) is 5.92 Å². The van der Waals surface area contributed by atoms with Crippen LogP contribution in [0.25, 0.3) is 0 Å². The molecule has 3 aliphatic rings. The minimum atomic E-state index is -3.91. The topological polar surface area (TPSA) is 150 Å². The van der Waals surface area contributed by atoms with Gasteiger partial charge in [-0.25, -0.2) is 31.8 Å². The fourth-order valence-corrected chi connectivity index (χ4v) is 9.31. The number of anilines is 2. The molecule has 3 amide bonds. The molecule has 304 valence electrons. The van der Waals surface area contributed by atoms with Crippen molar-refractivity contribution in [3.8, 4) is 0 Å². The minimum Gasteiger partial charge on any atom is -0.450 e. The summed E-state index contributed by atoms with van der Waals surface area (Å²) in [7, 11) is -5.26. The number of hydrogen-bond acceptors (Lipinski definition) is 9. The number of piperazine rings is 1. The summed E-state index contributed by atoms with van der Waals surface area (Å²) in [5.74, 6) is -4.12. The van der Waals surface area contributed by atoms with Crippen LogP contribution in [0, 0.1) is 5.92 Å². The molecule has 2 N–H and O–H groups in total. The van der Waals surface area contributed by atoms with Crippen LogP contribution in [0.3, 0.4) is 0 Å². The lowest BCUT2D eigenvalue weighted by Crippen LogP contribution is -2.49. The fraction of sp³-hybridized carbons (Fsp3) is 0.622. The first-order valence-electron chi connectivity index (χ1n) is 18.7. The number of alkyl carbamates (subject to hydrolysis) is 2. The van der Waals surface area contributed by atoms with E-state index < -0.39 is 53.8 Å². The summed E-state index contributed by atoms with van der Waals surface area (Å²) in [4.78, 5) is 44.7. The standard InChI is InChI=1S/C37H53ClF2N6O7SSi/c1-36(2,3)53-35(49)42-28-23-33(47)46(24-28)29-11-13-30(14-12-29)54(50,51)45-17-15-44(16-18-45)32-22-26(21-31(38)43-32)37(39,40)25-7-9-27(10-8-25)41-34(48)52-19-20-55(4,5)6/h11-14,21-22,25,27-28H,7-10,15-20,23-24H2,1-6H3,(H,41,48)(H,42,49)/t25?,27?,28-/m1/s1. The number of ether oxygens (including phenoxy) is 2. The molecule has 13 nitrogen and oxygen atoms in total. The van der Waals surface area contributed by atoms with Gasteiger partial charge in [-0.3, -0.25) is 4.79 Å². The molecule has 2 aromatic rings. The van der Waals surface area contributed by atoms with Gasteiger partial charge in [0.05, 0.1) is 17.5 Å². The van der Waals surface area contributed by atoms with E-state index in [9.17, 15) is 22.8 Å². The first-order valence-corrected chi connectivity index (χ1v) is 24.3. The van der Waals surface area contributed by atoms with Gasteiger partial charge in [-0.15, -0.1) is 0 Å². The molecule has 0 spiro atoms. The number of nitrogens with zero attached hydrogens (tertiary/aromatic N) is 4. The normalized spacial score (nSPS) is 21.7. The molecule has 18 heteroatoms. The van der Waals surface area contributed by atoms with Crippen LogP contribution < -0.4 is 20.4 Å². The number of carbonyl (C=O) groups excluding carboxylic acids is 3. The number of benzene rings is 1. The molecule has 2 saturated heterocycles. The zero-order valence-electron chi connectivity index (χ0n) is 32.4. The van der Waals surface area contributed by atoms with Crippen molar-refractivity contribution in [1.29, 1.82) is 0 Å². The number of rotatable bonds is 11. The van der Waals surface area contributed by atoms with Gasteiger partial charge in [-0.1, -0.05) is 31.2 Å². The largest absolute Gasteiger partial charge is 0.450 e. The van der Waals surface area contributed by atoms with Crippen LogP contribution in [0.15, 0.2) is 41.3 Å². The highest BCUT2D eigenvalue weighted by Crippen LogP contribution is 2.45.